The first kappa shape index (κ1) is 14.1. The molecule has 1 aromatic rings. The highest BCUT2D eigenvalue weighted by Gasteiger charge is 2.23. The van der Waals surface area contributed by atoms with E-state index in [1.54, 1.807) is 0 Å². The van der Waals surface area contributed by atoms with E-state index in [9.17, 15) is 0 Å². The van der Waals surface area contributed by atoms with Gasteiger partial charge in [-0.15, -0.1) is 0 Å². The second kappa shape index (κ2) is 7.21. The van der Waals surface area contributed by atoms with Crippen LogP contribution in [0.5, 0.6) is 0 Å². The molecule has 1 aromatic carbocycles. The van der Waals surface area contributed by atoms with Crippen LogP contribution < -0.4 is 5.32 Å². The first-order valence-electron chi connectivity index (χ1n) is 8.00. The van der Waals surface area contributed by atoms with E-state index in [4.69, 9.17) is 4.74 Å². The lowest BCUT2D eigenvalue weighted by Crippen LogP contribution is -2.50. The van der Waals surface area contributed by atoms with Gasteiger partial charge < -0.3 is 10.1 Å². The van der Waals surface area contributed by atoms with Gasteiger partial charge in [-0.3, -0.25) is 4.90 Å². The minimum absolute atomic E-state index is 0.574. The molecule has 2 heterocycles. The molecule has 0 spiro atoms. The Morgan fingerprint density at radius 2 is 1.95 bits per heavy atom. The summed E-state index contributed by atoms with van der Waals surface area (Å²) in [5.41, 5.74) is 1.43. The van der Waals surface area contributed by atoms with Crippen molar-refractivity contribution in [2.75, 3.05) is 26.3 Å². The van der Waals surface area contributed by atoms with E-state index in [2.05, 4.69) is 40.5 Å². The summed E-state index contributed by atoms with van der Waals surface area (Å²) in [6, 6.07) is 12.0. The number of ether oxygens (including phenoxy) is 1. The van der Waals surface area contributed by atoms with Gasteiger partial charge in [-0.25, -0.2) is 0 Å². The van der Waals surface area contributed by atoms with Gasteiger partial charge in [0.15, 0.2) is 0 Å². The number of nitrogens with one attached hydrogen (secondary N) is 1. The highest BCUT2D eigenvalue weighted by molar-refractivity contribution is 5.14. The fourth-order valence-corrected chi connectivity index (χ4v) is 3.38. The van der Waals surface area contributed by atoms with E-state index in [0.29, 0.717) is 12.1 Å². The van der Waals surface area contributed by atoms with Crippen LogP contribution in [-0.2, 0) is 11.3 Å². The van der Waals surface area contributed by atoms with Crippen molar-refractivity contribution in [2.45, 2.75) is 44.3 Å². The molecule has 0 saturated carbocycles. The maximum atomic E-state index is 5.57. The minimum Gasteiger partial charge on any atom is -0.380 e. The van der Waals surface area contributed by atoms with Crippen LogP contribution in [0, 0.1) is 0 Å². The van der Waals surface area contributed by atoms with Crippen molar-refractivity contribution in [1.29, 1.82) is 0 Å². The molecule has 1 N–H and O–H groups in total. The van der Waals surface area contributed by atoms with E-state index < -0.39 is 0 Å². The van der Waals surface area contributed by atoms with Crippen LogP contribution in [-0.4, -0.2) is 43.3 Å². The molecule has 0 bridgehead atoms. The van der Waals surface area contributed by atoms with E-state index in [1.165, 1.54) is 44.3 Å². The number of hydrogen-bond donors (Lipinski definition) is 1. The third-order valence-electron chi connectivity index (χ3n) is 4.39. The Hall–Kier alpha value is -0.900. The standard InChI is InChI=1S/C17H26N2O/c1-2-6-15(7-3-1)12-19-10-4-8-16(13-19)18-17-9-5-11-20-14-17/h1-3,6-7,16-18H,4-5,8-14H2. The molecule has 3 nitrogen and oxygen atoms in total. The van der Waals surface area contributed by atoms with Crippen LogP contribution in [0.4, 0.5) is 0 Å². The largest absolute Gasteiger partial charge is 0.380 e. The molecule has 2 aliphatic heterocycles. The Labute approximate surface area is 122 Å². The van der Waals surface area contributed by atoms with E-state index in [-0.39, 0.29) is 0 Å². The summed E-state index contributed by atoms with van der Waals surface area (Å²) < 4.78 is 5.57. The molecule has 2 unspecified atom stereocenters. The van der Waals surface area contributed by atoms with Gasteiger partial charge in [0.25, 0.3) is 0 Å². The van der Waals surface area contributed by atoms with Crippen molar-refractivity contribution in [3.8, 4) is 0 Å². The lowest BCUT2D eigenvalue weighted by atomic mass is 10.0. The fraction of sp³-hybridized carbons (Fsp3) is 0.647. The van der Waals surface area contributed by atoms with Crippen LogP contribution in [0.2, 0.25) is 0 Å². The SMILES string of the molecule is c1ccc(CN2CCCC(NC3CCCOC3)C2)cc1. The normalized spacial score (nSPS) is 28.4. The molecule has 2 atom stereocenters. The monoisotopic (exact) mass is 274 g/mol. The number of nitrogens with zero attached hydrogens (tertiary/aromatic N) is 1. The zero-order valence-corrected chi connectivity index (χ0v) is 12.3. The molecule has 3 rings (SSSR count). The van der Waals surface area contributed by atoms with Gasteiger partial charge in [0, 0.05) is 31.8 Å². The smallest absolute Gasteiger partial charge is 0.0619 e. The second-order valence-electron chi connectivity index (χ2n) is 6.14. The first-order valence-corrected chi connectivity index (χ1v) is 8.00. The molecule has 2 aliphatic rings. The topological polar surface area (TPSA) is 24.5 Å². The third-order valence-corrected chi connectivity index (χ3v) is 4.39. The number of benzene rings is 1. The average molecular weight is 274 g/mol. The van der Waals surface area contributed by atoms with Crippen molar-refractivity contribution < 1.29 is 4.74 Å². The molecule has 20 heavy (non-hydrogen) atoms. The summed E-state index contributed by atoms with van der Waals surface area (Å²) in [6.07, 6.45) is 5.09. The number of piperidine rings is 1. The molecule has 0 aromatic heterocycles. The van der Waals surface area contributed by atoms with Crippen molar-refractivity contribution in [3.05, 3.63) is 35.9 Å². The maximum Gasteiger partial charge on any atom is 0.0619 e. The highest BCUT2D eigenvalue weighted by Crippen LogP contribution is 2.16. The molecule has 110 valence electrons. The van der Waals surface area contributed by atoms with Crippen molar-refractivity contribution in [2.24, 2.45) is 0 Å². The summed E-state index contributed by atoms with van der Waals surface area (Å²) in [5.74, 6) is 0. The molecule has 2 fully saturated rings. The number of rotatable bonds is 4. The Bertz CT molecular complexity index is 389. The van der Waals surface area contributed by atoms with Gasteiger partial charge in [-0.2, -0.15) is 0 Å². The van der Waals surface area contributed by atoms with E-state index in [1.807, 2.05) is 0 Å². The van der Waals surface area contributed by atoms with Crippen molar-refractivity contribution in [3.63, 3.8) is 0 Å². The van der Waals surface area contributed by atoms with Crippen LogP contribution >= 0.6 is 0 Å². The van der Waals surface area contributed by atoms with Crippen LogP contribution in [0.25, 0.3) is 0 Å². The van der Waals surface area contributed by atoms with Gasteiger partial charge in [0.1, 0.15) is 0 Å². The maximum absolute atomic E-state index is 5.57. The Balaban J connectivity index is 1.48. The van der Waals surface area contributed by atoms with Crippen LogP contribution in [0.15, 0.2) is 30.3 Å². The van der Waals surface area contributed by atoms with Crippen molar-refractivity contribution in [1.82, 2.24) is 10.2 Å². The second-order valence-corrected chi connectivity index (χ2v) is 6.14. The summed E-state index contributed by atoms with van der Waals surface area (Å²) in [7, 11) is 0. The fourth-order valence-electron chi connectivity index (χ4n) is 3.38. The number of hydrogen-bond acceptors (Lipinski definition) is 3. The zero-order chi connectivity index (χ0) is 13.6. The quantitative estimate of drug-likeness (QED) is 0.912. The van der Waals surface area contributed by atoms with Gasteiger partial charge in [-0.1, -0.05) is 30.3 Å². The predicted octanol–water partition coefficient (Wildman–Crippen LogP) is 2.42. The summed E-state index contributed by atoms with van der Waals surface area (Å²) in [5, 5.41) is 3.81. The van der Waals surface area contributed by atoms with E-state index in [0.717, 1.165) is 19.8 Å². The Morgan fingerprint density at radius 3 is 2.75 bits per heavy atom. The highest BCUT2D eigenvalue weighted by atomic mass is 16.5. The van der Waals surface area contributed by atoms with Crippen molar-refractivity contribution >= 4 is 0 Å². The third kappa shape index (κ3) is 4.05. The Kier molecular flexibility index (Phi) is 5.06. The summed E-state index contributed by atoms with van der Waals surface area (Å²) in [4.78, 5) is 2.58. The molecule has 0 amide bonds. The summed E-state index contributed by atoms with van der Waals surface area (Å²) >= 11 is 0. The molecule has 2 saturated heterocycles. The zero-order valence-electron chi connectivity index (χ0n) is 12.3. The van der Waals surface area contributed by atoms with Gasteiger partial charge in [0.2, 0.25) is 0 Å². The molecule has 3 heteroatoms. The molecular weight excluding hydrogens is 248 g/mol. The average Bonchev–Trinajstić information content (AvgIpc) is 2.50. The lowest BCUT2D eigenvalue weighted by Gasteiger charge is -2.36. The van der Waals surface area contributed by atoms with Gasteiger partial charge in [0.05, 0.1) is 6.61 Å². The predicted molar refractivity (Wildman–Crippen MR) is 81.7 cm³/mol. The number of likely N-dealkylation sites (tertiary alicyclic amines) is 1. The van der Waals surface area contributed by atoms with Crippen LogP contribution in [0.3, 0.4) is 0 Å². The molecular formula is C17H26N2O. The van der Waals surface area contributed by atoms with Gasteiger partial charge in [-0.05, 0) is 37.8 Å². The summed E-state index contributed by atoms with van der Waals surface area (Å²) in [6.45, 7) is 5.33. The minimum atomic E-state index is 0.574. The molecule has 0 aliphatic carbocycles. The van der Waals surface area contributed by atoms with E-state index >= 15 is 0 Å². The van der Waals surface area contributed by atoms with Gasteiger partial charge >= 0.3 is 0 Å². The van der Waals surface area contributed by atoms with Crippen LogP contribution in [0.1, 0.15) is 31.2 Å². The molecule has 0 radical (unpaired) electrons. The lowest BCUT2D eigenvalue weighted by molar-refractivity contribution is 0.0595. The first-order chi connectivity index (χ1) is 9.90. The Morgan fingerprint density at radius 1 is 1.10 bits per heavy atom.